The zero-order valence-corrected chi connectivity index (χ0v) is 6.63. The predicted octanol–water partition coefficient (Wildman–Crippen LogP) is 0.453. The third-order valence-corrected chi connectivity index (χ3v) is 1.26. The second-order valence-electron chi connectivity index (χ2n) is 2.10. The maximum absolute atomic E-state index is 10.6. The molecule has 5 nitrogen and oxygen atoms in total. The molecule has 1 amide bonds. The summed E-state index contributed by atoms with van der Waals surface area (Å²) in [6, 6.07) is 0. The van der Waals surface area contributed by atoms with Crippen LogP contribution in [0.1, 0.15) is 19.3 Å². The highest BCUT2D eigenvalue weighted by molar-refractivity contribution is 5.75. The van der Waals surface area contributed by atoms with Crippen LogP contribution in [0.2, 0.25) is 0 Å². The van der Waals surface area contributed by atoms with Gasteiger partial charge in [-0.2, -0.15) is 0 Å². The minimum absolute atomic E-state index is 0.0489. The van der Waals surface area contributed by atoms with Gasteiger partial charge in [0.05, 0.1) is 0 Å². The monoisotopic (exact) mass is 157 g/mol. The summed E-state index contributed by atoms with van der Waals surface area (Å²) in [6.45, 7) is 0.542. The molecule has 0 atom stereocenters. The molecule has 0 unspecified atom stereocenters. The van der Waals surface area contributed by atoms with E-state index < -0.39 is 0 Å². The molecule has 0 spiro atoms. The second-order valence-corrected chi connectivity index (χ2v) is 2.10. The number of amides is 1. The van der Waals surface area contributed by atoms with Gasteiger partial charge in [-0.1, -0.05) is 0 Å². The number of nitrogens with one attached hydrogen (secondary N) is 2. The lowest BCUT2D eigenvalue weighted by Gasteiger charge is -1.94. The van der Waals surface area contributed by atoms with Crippen LogP contribution in [0.15, 0.2) is 5.11 Å². The van der Waals surface area contributed by atoms with Gasteiger partial charge >= 0.3 is 0 Å². The van der Waals surface area contributed by atoms with Gasteiger partial charge in [0.15, 0.2) is 0 Å². The molecule has 0 aliphatic rings. The molecule has 0 aromatic heterocycles. The summed E-state index contributed by atoms with van der Waals surface area (Å²) in [7, 11) is 1.62. The van der Waals surface area contributed by atoms with Crippen LogP contribution in [0.3, 0.4) is 0 Å². The minimum atomic E-state index is 0.0489. The Bertz CT molecular complexity index is 162. The topological polar surface area (TPSA) is 79.4 Å². The van der Waals surface area contributed by atoms with Crippen molar-refractivity contribution in [3.63, 3.8) is 0 Å². The summed E-state index contributed by atoms with van der Waals surface area (Å²) in [5.41, 5.74) is 6.34. The van der Waals surface area contributed by atoms with Gasteiger partial charge in [-0.25, -0.2) is 0 Å². The molecule has 0 saturated carbocycles. The third-order valence-electron chi connectivity index (χ3n) is 1.26. The van der Waals surface area contributed by atoms with Crippen molar-refractivity contribution in [3.8, 4) is 0 Å². The Morgan fingerprint density at radius 2 is 2.36 bits per heavy atom. The quantitative estimate of drug-likeness (QED) is 0.339. The Morgan fingerprint density at radius 3 is 2.91 bits per heavy atom. The number of carbonyl (C=O) groups excluding carboxylic acids is 1. The van der Waals surface area contributed by atoms with Crippen LogP contribution in [0, 0.1) is 5.53 Å². The average Bonchev–Trinajstić information content (AvgIpc) is 2.04. The fourth-order valence-corrected chi connectivity index (χ4v) is 0.643. The Morgan fingerprint density at radius 1 is 1.64 bits per heavy atom. The molecule has 0 bridgehead atoms. The van der Waals surface area contributed by atoms with E-state index in [9.17, 15) is 4.79 Å². The fraction of sp³-hybridized carbons (Fsp3) is 0.833. The molecule has 0 fully saturated rings. The summed E-state index contributed by atoms with van der Waals surface area (Å²) in [5.74, 6) is 0.0489. The molecule has 0 aromatic carbocycles. The second kappa shape index (κ2) is 6.89. The van der Waals surface area contributed by atoms with Crippen molar-refractivity contribution in [1.29, 1.82) is 5.53 Å². The number of unbranched alkanes of at least 4 members (excludes halogenated alkanes) is 1. The first-order chi connectivity index (χ1) is 5.31. The average molecular weight is 157 g/mol. The maximum atomic E-state index is 10.6. The number of hydrogen-bond acceptors (Lipinski definition) is 3. The highest BCUT2D eigenvalue weighted by atomic mass is 16.1. The van der Waals surface area contributed by atoms with Gasteiger partial charge in [0, 0.05) is 13.5 Å². The van der Waals surface area contributed by atoms with Crippen molar-refractivity contribution in [1.82, 2.24) is 10.2 Å². The largest absolute Gasteiger partial charge is 0.359 e. The molecule has 0 aliphatic heterocycles. The van der Waals surface area contributed by atoms with Gasteiger partial charge in [0.2, 0.25) is 10.8 Å². The van der Waals surface area contributed by atoms with Crippen LogP contribution in [0.25, 0.3) is 0 Å². The van der Waals surface area contributed by atoms with E-state index in [2.05, 4.69) is 15.3 Å². The van der Waals surface area contributed by atoms with E-state index in [1.54, 1.807) is 7.05 Å². The van der Waals surface area contributed by atoms with Crippen molar-refractivity contribution in [2.24, 2.45) is 5.11 Å². The Hall–Kier alpha value is -1.22. The molecule has 0 aromatic rings. The molecular weight excluding hydrogens is 144 g/mol. The van der Waals surface area contributed by atoms with Crippen LogP contribution in [-0.2, 0) is 4.79 Å². The van der Waals surface area contributed by atoms with Crippen molar-refractivity contribution < 1.29 is 4.79 Å². The lowest BCUT2D eigenvalue weighted by molar-refractivity contribution is -0.120. The molecule has 0 radical (unpaired) electrons. The van der Waals surface area contributed by atoms with E-state index >= 15 is 0 Å². The zero-order valence-electron chi connectivity index (χ0n) is 6.63. The van der Waals surface area contributed by atoms with E-state index in [0.29, 0.717) is 13.0 Å². The van der Waals surface area contributed by atoms with E-state index in [4.69, 9.17) is 5.53 Å². The predicted molar refractivity (Wildman–Crippen MR) is 40.1 cm³/mol. The highest BCUT2D eigenvalue weighted by Crippen LogP contribution is 1.94. The molecule has 0 heterocycles. The number of rotatable bonds is 5. The number of nitrogens with zero attached hydrogens (tertiary/aromatic N) is 2. The van der Waals surface area contributed by atoms with Crippen molar-refractivity contribution in [2.45, 2.75) is 19.3 Å². The lowest BCUT2D eigenvalue weighted by Crippen LogP contribution is -2.16. The van der Waals surface area contributed by atoms with Crippen molar-refractivity contribution in [3.05, 3.63) is 0 Å². The summed E-state index contributed by atoms with van der Waals surface area (Å²) in [5, 5.41) is 5.98. The van der Waals surface area contributed by atoms with Gasteiger partial charge in [-0.05, 0) is 12.8 Å². The van der Waals surface area contributed by atoms with Crippen LogP contribution in [0.5, 0.6) is 0 Å². The normalized spacial score (nSPS) is 8.45. The highest BCUT2D eigenvalue weighted by Gasteiger charge is 1.96. The maximum Gasteiger partial charge on any atom is 0.219 e. The molecule has 2 N–H and O–H groups in total. The van der Waals surface area contributed by atoms with Gasteiger partial charge in [-0.15, -0.1) is 0 Å². The number of carbonyl (C=O) groups is 1. The van der Waals surface area contributed by atoms with Gasteiger partial charge in [0.1, 0.15) is 17.2 Å². The summed E-state index contributed by atoms with van der Waals surface area (Å²) in [4.78, 5) is 13.5. The first kappa shape index (κ1) is 9.78. The van der Waals surface area contributed by atoms with E-state index in [-0.39, 0.29) is 5.91 Å². The first-order valence-corrected chi connectivity index (χ1v) is 3.55. The molecule has 62 valence electrons. The molecule has 0 rings (SSSR count). The Labute approximate surface area is 65.4 Å². The Kier molecular flexibility index (Phi) is 6.13. The molecular formula is C6H13N4O+. The van der Waals surface area contributed by atoms with Gasteiger partial charge < -0.3 is 5.32 Å². The smallest absolute Gasteiger partial charge is 0.219 e. The summed E-state index contributed by atoms with van der Waals surface area (Å²) >= 11 is 0. The van der Waals surface area contributed by atoms with Crippen molar-refractivity contribution >= 4 is 5.91 Å². The van der Waals surface area contributed by atoms with Crippen LogP contribution in [0.4, 0.5) is 0 Å². The van der Waals surface area contributed by atoms with Gasteiger partial charge in [-0.3, -0.25) is 4.79 Å². The third kappa shape index (κ3) is 6.67. The van der Waals surface area contributed by atoms with Crippen molar-refractivity contribution in [2.75, 3.05) is 13.6 Å². The van der Waals surface area contributed by atoms with Crippen LogP contribution < -0.4 is 10.2 Å². The van der Waals surface area contributed by atoms with Crippen LogP contribution in [-0.4, -0.2) is 19.5 Å². The number of hydrogen-bond donors (Lipinski definition) is 2. The minimum Gasteiger partial charge on any atom is -0.359 e. The molecule has 5 heteroatoms. The molecule has 0 aliphatic carbocycles. The standard InChI is InChI=1S/C6H12N4O/c1-8-6(11)4-2-3-5-9-10-7/h7H,2-5H2,1H3/p+1. The van der Waals surface area contributed by atoms with Crippen LogP contribution >= 0.6 is 0 Å². The summed E-state index contributed by atoms with van der Waals surface area (Å²) in [6.07, 6.45) is 2.15. The van der Waals surface area contributed by atoms with E-state index in [1.165, 1.54) is 0 Å². The van der Waals surface area contributed by atoms with E-state index in [1.807, 2.05) is 0 Å². The Balaban J connectivity index is 3.14. The lowest BCUT2D eigenvalue weighted by atomic mass is 10.2. The SMILES string of the molecule is CNC(=O)CCCCN=[N+]=N. The fourth-order valence-electron chi connectivity index (χ4n) is 0.643. The zero-order chi connectivity index (χ0) is 8.53. The first-order valence-electron chi connectivity index (χ1n) is 3.55. The van der Waals surface area contributed by atoms with E-state index in [0.717, 1.165) is 12.8 Å². The van der Waals surface area contributed by atoms with Gasteiger partial charge in [0.25, 0.3) is 0 Å². The summed E-state index contributed by atoms with van der Waals surface area (Å²) < 4.78 is 0. The molecule has 0 saturated heterocycles. The molecule has 11 heavy (non-hydrogen) atoms.